The Balaban J connectivity index is 1.25. The number of benzene rings is 2. The first-order valence-corrected chi connectivity index (χ1v) is 11.2. The van der Waals surface area contributed by atoms with E-state index in [1.54, 1.807) is 11.3 Å². The maximum atomic E-state index is 13.0. The second-order valence-corrected chi connectivity index (χ2v) is 9.10. The summed E-state index contributed by atoms with van der Waals surface area (Å²) in [6.07, 6.45) is 2.23. The Hall–Kier alpha value is -2.28. The molecule has 1 aliphatic carbocycles. The normalized spacial score (nSPS) is 19.3. The molecule has 5 rings (SSSR count). The van der Waals surface area contributed by atoms with Gasteiger partial charge in [-0.2, -0.15) is 0 Å². The molecule has 1 amide bonds. The van der Waals surface area contributed by atoms with Crippen molar-refractivity contribution < 1.29 is 4.79 Å². The Morgan fingerprint density at radius 2 is 1.76 bits per heavy atom. The van der Waals surface area contributed by atoms with E-state index in [1.807, 2.05) is 24.3 Å². The SMILES string of the molecule is O=C(NC1CC1)[C@H](c1ccccc1)N1CCN(Cc2nc3ccccc3s2)CC1. The number of aromatic nitrogens is 1. The van der Waals surface area contributed by atoms with Crippen LogP contribution in [0.5, 0.6) is 0 Å². The van der Waals surface area contributed by atoms with Crippen LogP contribution in [0.25, 0.3) is 10.2 Å². The summed E-state index contributed by atoms with van der Waals surface area (Å²) in [5, 5.41) is 4.39. The third-order valence-corrected chi connectivity index (χ3v) is 6.78. The summed E-state index contributed by atoms with van der Waals surface area (Å²) >= 11 is 1.78. The Kier molecular flexibility index (Phi) is 5.31. The number of hydrogen-bond donors (Lipinski definition) is 1. The number of nitrogens with one attached hydrogen (secondary N) is 1. The summed E-state index contributed by atoms with van der Waals surface area (Å²) in [5.74, 6) is 0.151. The molecule has 29 heavy (non-hydrogen) atoms. The lowest BCUT2D eigenvalue weighted by Gasteiger charge is -2.38. The summed E-state index contributed by atoms with van der Waals surface area (Å²) in [5.41, 5.74) is 2.18. The molecule has 5 nitrogen and oxygen atoms in total. The van der Waals surface area contributed by atoms with E-state index >= 15 is 0 Å². The molecular weight excluding hydrogens is 380 g/mol. The van der Waals surface area contributed by atoms with Crippen LogP contribution in [0.15, 0.2) is 54.6 Å². The molecule has 6 heteroatoms. The Labute approximate surface area is 175 Å². The molecule has 2 aliphatic rings. The van der Waals surface area contributed by atoms with Crippen molar-refractivity contribution in [3.8, 4) is 0 Å². The van der Waals surface area contributed by atoms with Crippen molar-refractivity contribution in [2.45, 2.75) is 31.5 Å². The fraction of sp³-hybridized carbons (Fsp3) is 0.391. The van der Waals surface area contributed by atoms with E-state index in [0.717, 1.165) is 56.6 Å². The fourth-order valence-electron chi connectivity index (χ4n) is 4.03. The number of piperazine rings is 1. The molecule has 2 fully saturated rings. The minimum atomic E-state index is -0.193. The molecule has 0 unspecified atom stereocenters. The molecule has 1 aliphatic heterocycles. The summed E-state index contributed by atoms with van der Waals surface area (Å²) < 4.78 is 1.25. The molecule has 150 valence electrons. The topological polar surface area (TPSA) is 48.5 Å². The number of nitrogens with zero attached hydrogens (tertiary/aromatic N) is 3. The van der Waals surface area contributed by atoms with Gasteiger partial charge in [0.15, 0.2) is 0 Å². The zero-order valence-corrected chi connectivity index (χ0v) is 17.3. The smallest absolute Gasteiger partial charge is 0.242 e. The molecule has 0 radical (unpaired) electrons. The molecular formula is C23H26N4OS. The van der Waals surface area contributed by atoms with Crippen LogP contribution in [-0.4, -0.2) is 52.9 Å². The van der Waals surface area contributed by atoms with E-state index in [4.69, 9.17) is 4.98 Å². The molecule has 1 saturated heterocycles. The molecule has 2 aromatic carbocycles. The zero-order chi connectivity index (χ0) is 19.6. The first-order valence-electron chi connectivity index (χ1n) is 10.4. The van der Waals surface area contributed by atoms with Crippen LogP contribution < -0.4 is 5.32 Å². The Morgan fingerprint density at radius 3 is 2.48 bits per heavy atom. The van der Waals surface area contributed by atoms with Gasteiger partial charge in [0.1, 0.15) is 11.0 Å². The highest BCUT2D eigenvalue weighted by Crippen LogP contribution is 2.27. The number of hydrogen-bond acceptors (Lipinski definition) is 5. The number of thiazole rings is 1. The lowest BCUT2D eigenvalue weighted by molar-refractivity contribution is -0.127. The van der Waals surface area contributed by atoms with Crippen molar-refractivity contribution >= 4 is 27.5 Å². The van der Waals surface area contributed by atoms with Crippen molar-refractivity contribution in [3.63, 3.8) is 0 Å². The van der Waals surface area contributed by atoms with Crippen LogP contribution >= 0.6 is 11.3 Å². The number of para-hydroxylation sites is 1. The van der Waals surface area contributed by atoms with Crippen LogP contribution in [0.3, 0.4) is 0 Å². The lowest BCUT2D eigenvalue weighted by Crippen LogP contribution is -2.50. The molecule has 1 aromatic heterocycles. The lowest BCUT2D eigenvalue weighted by atomic mass is 10.0. The van der Waals surface area contributed by atoms with Gasteiger partial charge >= 0.3 is 0 Å². The van der Waals surface area contributed by atoms with Gasteiger partial charge < -0.3 is 5.32 Å². The van der Waals surface area contributed by atoms with Gasteiger partial charge in [0, 0.05) is 32.2 Å². The van der Waals surface area contributed by atoms with E-state index in [9.17, 15) is 4.79 Å². The third kappa shape index (κ3) is 4.34. The second-order valence-electron chi connectivity index (χ2n) is 7.98. The van der Waals surface area contributed by atoms with Gasteiger partial charge in [0.25, 0.3) is 0 Å². The number of fused-ring (bicyclic) bond motifs is 1. The highest BCUT2D eigenvalue weighted by atomic mass is 32.1. The Bertz CT molecular complexity index is 944. The third-order valence-electron chi connectivity index (χ3n) is 5.76. The number of carbonyl (C=O) groups is 1. The molecule has 0 spiro atoms. The quantitative estimate of drug-likeness (QED) is 0.681. The summed E-state index contributed by atoms with van der Waals surface area (Å²) in [7, 11) is 0. The van der Waals surface area contributed by atoms with E-state index in [-0.39, 0.29) is 11.9 Å². The predicted molar refractivity (Wildman–Crippen MR) is 117 cm³/mol. The largest absolute Gasteiger partial charge is 0.352 e. The van der Waals surface area contributed by atoms with Crippen molar-refractivity contribution in [1.82, 2.24) is 20.1 Å². The standard InChI is InChI=1S/C23H26N4OS/c28-23(24-18-10-11-18)22(17-6-2-1-3-7-17)27-14-12-26(13-15-27)16-21-25-19-8-4-5-9-20(19)29-21/h1-9,18,22H,10-16H2,(H,24,28)/t22-/m0/s1. The molecule has 0 bridgehead atoms. The van der Waals surface area contributed by atoms with Crippen LogP contribution in [0.1, 0.15) is 29.5 Å². The fourth-order valence-corrected chi connectivity index (χ4v) is 5.04. The van der Waals surface area contributed by atoms with Crippen molar-refractivity contribution in [2.24, 2.45) is 0 Å². The average Bonchev–Trinajstić information content (AvgIpc) is 3.46. The van der Waals surface area contributed by atoms with E-state index in [2.05, 4.69) is 45.4 Å². The van der Waals surface area contributed by atoms with Gasteiger partial charge in [0.05, 0.1) is 16.8 Å². The average molecular weight is 407 g/mol. The van der Waals surface area contributed by atoms with Gasteiger partial charge in [-0.25, -0.2) is 4.98 Å². The van der Waals surface area contributed by atoms with Gasteiger partial charge in [-0.05, 0) is 30.5 Å². The van der Waals surface area contributed by atoms with Gasteiger partial charge in [0.2, 0.25) is 5.91 Å². The number of carbonyl (C=O) groups excluding carboxylic acids is 1. The molecule has 3 aromatic rings. The van der Waals surface area contributed by atoms with Crippen molar-refractivity contribution in [1.29, 1.82) is 0 Å². The first kappa shape index (κ1) is 18.7. The molecule has 1 N–H and O–H groups in total. The maximum Gasteiger partial charge on any atom is 0.242 e. The van der Waals surface area contributed by atoms with Crippen molar-refractivity contribution in [2.75, 3.05) is 26.2 Å². The highest BCUT2D eigenvalue weighted by Gasteiger charge is 2.33. The molecule has 1 atom stereocenters. The van der Waals surface area contributed by atoms with Crippen LogP contribution in [0.2, 0.25) is 0 Å². The molecule has 2 heterocycles. The summed E-state index contributed by atoms with van der Waals surface area (Å²) in [4.78, 5) is 22.6. The Morgan fingerprint density at radius 1 is 1.03 bits per heavy atom. The summed E-state index contributed by atoms with van der Waals surface area (Å²) in [6.45, 7) is 4.58. The van der Waals surface area contributed by atoms with E-state index in [1.165, 1.54) is 9.71 Å². The zero-order valence-electron chi connectivity index (χ0n) is 16.5. The van der Waals surface area contributed by atoms with E-state index < -0.39 is 0 Å². The first-order chi connectivity index (χ1) is 14.3. The van der Waals surface area contributed by atoms with Crippen LogP contribution in [0, 0.1) is 0 Å². The monoisotopic (exact) mass is 406 g/mol. The van der Waals surface area contributed by atoms with Crippen LogP contribution in [-0.2, 0) is 11.3 Å². The maximum absolute atomic E-state index is 13.0. The number of amides is 1. The van der Waals surface area contributed by atoms with E-state index in [0.29, 0.717) is 6.04 Å². The predicted octanol–water partition coefficient (Wildman–Crippen LogP) is 3.43. The minimum Gasteiger partial charge on any atom is -0.352 e. The van der Waals surface area contributed by atoms with Gasteiger partial charge in [-0.15, -0.1) is 11.3 Å². The minimum absolute atomic E-state index is 0.151. The number of rotatable bonds is 6. The van der Waals surface area contributed by atoms with Crippen molar-refractivity contribution in [3.05, 3.63) is 65.2 Å². The van der Waals surface area contributed by atoms with Crippen LogP contribution in [0.4, 0.5) is 0 Å². The second kappa shape index (κ2) is 8.22. The van der Waals surface area contributed by atoms with Gasteiger partial charge in [-0.1, -0.05) is 42.5 Å². The highest BCUT2D eigenvalue weighted by molar-refractivity contribution is 7.18. The molecule has 1 saturated carbocycles. The van der Waals surface area contributed by atoms with Gasteiger partial charge in [-0.3, -0.25) is 14.6 Å². The summed E-state index contributed by atoms with van der Waals surface area (Å²) in [6, 6.07) is 18.7.